The molecule has 6 nitrogen and oxygen atoms in total. The Kier molecular flexibility index (Phi) is 5.23. The fraction of sp³-hybridized carbons (Fsp3) is 0.250. The van der Waals surface area contributed by atoms with Crippen molar-refractivity contribution in [3.63, 3.8) is 0 Å². The van der Waals surface area contributed by atoms with Crippen LogP contribution in [0.3, 0.4) is 0 Å². The van der Waals surface area contributed by atoms with Crippen molar-refractivity contribution in [3.8, 4) is 5.75 Å². The smallest absolute Gasteiger partial charge is 0.422 e. The maximum Gasteiger partial charge on any atom is 0.422 e. The minimum atomic E-state index is -4.51. The van der Waals surface area contributed by atoms with Gasteiger partial charge in [-0.15, -0.1) is 0 Å². The van der Waals surface area contributed by atoms with Crippen molar-refractivity contribution in [1.29, 1.82) is 0 Å². The van der Waals surface area contributed by atoms with E-state index in [1.807, 2.05) is 0 Å². The number of aliphatic hydroxyl groups is 1. The number of alkyl halides is 3. The van der Waals surface area contributed by atoms with Gasteiger partial charge in [-0.05, 0) is 18.2 Å². The summed E-state index contributed by atoms with van der Waals surface area (Å²) in [6, 6.07) is 8.37. The molecule has 2 N–H and O–H groups in total. The number of pyridine rings is 1. The molecule has 3 aromatic rings. The summed E-state index contributed by atoms with van der Waals surface area (Å²) in [6.07, 6.45) is -3.26. The van der Waals surface area contributed by atoms with Gasteiger partial charge in [-0.25, -0.2) is 4.98 Å². The van der Waals surface area contributed by atoms with Crippen LogP contribution < -0.4 is 4.74 Å². The highest BCUT2D eigenvalue weighted by Gasteiger charge is 2.29. The van der Waals surface area contributed by atoms with E-state index in [1.54, 1.807) is 24.3 Å². The summed E-state index contributed by atoms with van der Waals surface area (Å²) in [6.45, 7) is -2.08. The average molecular weight is 385 g/mol. The third-order valence-corrected chi connectivity index (χ3v) is 4.66. The highest BCUT2D eigenvalue weighted by atomic mass is 32.2. The molecule has 0 amide bonds. The van der Waals surface area contributed by atoms with Crippen LogP contribution in [0, 0.1) is 0 Å². The number of benzene rings is 1. The van der Waals surface area contributed by atoms with E-state index in [2.05, 4.69) is 15.0 Å². The summed E-state index contributed by atoms with van der Waals surface area (Å²) in [4.78, 5) is 11.2. The van der Waals surface area contributed by atoms with Gasteiger partial charge in [0.1, 0.15) is 5.75 Å². The van der Waals surface area contributed by atoms with Gasteiger partial charge >= 0.3 is 6.18 Å². The van der Waals surface area contributed by atoms with Crippen LogP contribution in [0.4, 0.5) is 13.2 Å². The summed E-state index contributed by atoms with van der Waals surface area (Å²) < 4.78 is 54.3. The summed E-state index contributed by atoms with van der Waals surface area (Å²) >= 11 is 0. The molecule has 0 saturated carbocycles. The molecule has 0 aliphatic heterocycles. The Hall–Kier alpha value is -2.46. The van der Waals surface area contributed by atoms with Crippen molar-refractivity contribution in [2.24, 2.45) is 0 Å². The zero-order valence-electron chi connectivity index (χ0n) is 13.3. The number of hydrogen-bond donors (Lipinski definition) is 2. The Morgan fingerprint density at radius 2 is 2.00 bits per heavy atom. The first-order valence-corrected chi connectivity index (χ1v) is 8.79. The number of H-pyrrole nitrogens is 1. The number of imidazole rings is 1. The van der Waals surface area contributed by atoms with Crippen molar-refractivity contribution >= 4 is 21.8 Å². The molecule has 0 radical (unpaired) electrons. The summed E-state index contributed by atoms with van der Waals surface area (Å²) in [5, 5.41) is 9.72. The Morgan fingerprint density at radius 1 is 1.23 bits per heavy atom. The van der Waals surface area contributed by atoms with Crippen LogP contribution in [0.5, 0.6) is 5.75 Å². The fourth-order valence-corrected chi connectivity index (χ4v) is 3.39. The Morgan fingerprint density at radius 3 is 2.69 bits per heavy atom. The van der Waals surface area contributed by atoms with Gasteiger partial charge in [-0.3, -0.25) is 9.19 Å². The van der Waals surface area contributed by atoms with E-state index in [4.69, 9.17) is 4.74 Å². The number of nitrogens with one attached hydrogen (secondary N) is 1. The van der Waals surface area contributed by atoms with Crippen LogP contribution in [0.25, 0.3) is 11.0 Å². The van der Waals surface area contributed by atoms with Gasteiger partial charge in [0.05, 0.1) is 39.9 Å². The van der Waals surface area contributed by atoms with Gasteiger partial charge in [0.15, 0.2) is 11.8 Å². The number of aliphatic hydroxyl groups excluding tert-OH is 1. The topological polar surface area (TPSA) is 88.1 Å². The van der Waals surface area contributed by atoms with Gasteiger partial charge in [0.2, 0.25) is 0 Å². The molecule has 3 rings (SSSR count). The van der Waals surface area contributed by atoms with E-state index in [9.17, 15) is 22.5 Å². The molecule has 138 valence electrons. The average Bonchev–Trinajstić information content (AvgIpc) is 3.03. The lowest BCUT2D eigenvalue weighted by atomic mass is 10.2. The van der Waals surface area contributed by atoms with Crippen molar-refractivity contribution in [2.75, 3.05) is 6.61 Å². The maximum absolute atomic E-state index is 12.6. The second-order valence-corrected chi connectivity index (χ2v) is 6.71. The van der Waals surface area contributed by atoms with Crippen LogP contribution in [-0.2, 0) is 23.2 Å². The third-order valence-electron chi connectivity index (χ3n) is 3.50. The number of fused-ring (bicyclic) bond motifs is 1. The Labute approximate surface area is 148 Å². The molecule has 1 unspecified atom stereocenters. The molecular formula is C16H14F3N3O3S. The number of ether oxygens (including phenoxy) is 1. The molecule has 0 saturated heterocycles. The van der Waals surface area contributed by atoms with Gasteiger partial charge in [-0.1, -0.05) is 12.1 Å². The quantitative estimate of drug-likeness (QED) is 0.681. The molecule has 2 aromatic heterocycles. The van der Waals surface area contributed by atoms with Gasteiger partial charge in [-0.2, -0.15) is 13.2 Å². The van der Waals surface area contributed by atoms with E-state index in [-0.39, 0.29) is 27.9 Å². The first kappa shape index (κ1) is 18.3. The van der Waals surface area contributed by atoms with Crippen LogP contribution in [0.15, 0.2) is 41.7 Å². The molecule has 1 atom stereocenters. The minimum absolute atomic E-state index is 0.0706. The molecule has 0 fully saturated rings. The van der Waals surface area contributed by atoms with E-state index in [0.717, 1.165) is 0 Å². The second kappa shape index (κ2) is 7.42. The lowest BCUT2D eigenvalue weighted by molar-refractivity contribution is -0.153. The SMILES string of the molecule is O=S(Cc1nccc(OCC(F)(F)F)c1CO)c1nc2ccccc2[nH]1. The van der Waals surface area contributed by atoms with E-state index in [0.29, 0.717) is 11.0 Å². The van der Waals surface area contributed by atoms with Crippen LogP contribution in [0.1, 0.15) is 11.3 Å². The number of aromatic nitrogens is 3. The molecule has 0 bridgehead atoms. The van der Waals surface area contributed by atoms with Gasteiger partial charge < -0.3 is 14.8 Å². The molecule has 10 heteroatoms. The van der Waals surface area contributed by atoms with Crippen molar-refractivity contribution < 1.29 is 27.2 Å². The first-order chi connectivity index (χ1) is 12.4. The predicted molar refractivity (Wildman–Crippen MR) is 87.9 cm³/mol. The molecule has 0 spiro atoms. The van der Waals surface area contributed by atoms with Crippen LogP contribution >= 0.6 is 0 Å². The zero-order chi connectivity index (χ0) is 18.7. The highest BCUT2D eigenvalue weighted by Crippen LogP contribution is 2.25. The Balaban J connectivity index is 1.83. The monoisotopic (exact) mass is 385 g/mol. The predicted octanol–water partition coefficient (Wildman–Crippen LogP) is 2.70. The van der Waals surface area contributed by atoms with E-state index < -0.39 is 30.2 Å². The number of rotatable bonds is 6. The standard InChI is InChI=1S/C16H14F3N3O3S/c17-16(18,19)9-25-14-5-6-20-13(10(14)7-23)8-26(24)15-21-11-3-1-2-4-12(11)22-15/h1-6,23H,7-9H2,(H,21,22). The summed E-state index contributed by atoms with van der Waals surface area (Å²) in [5.41, 5.74) is 1.62. The molecule has 0 aliphatic rings. The van der Waals surface area contributed by atoms with Crippen LogP contribution in [0.2, 0.25) is 0 Å². The number of para-hydroxylation sites is 2. The normalized spacial score (nSPS) is 13.1. The number of hydrogen-bond acceptors (Lipinski definition) is 5. The van der Waals surface area contributed by atoms with Crippen molar-refractivity contribution in [3.05, 3.63) is 47.8 Å². The second-order valence-electron chi connectivity index (χ2n) is 5.35. The number of aromatic amines is 1. The highest BCUT2D eigenvalue weighted by molar-refractivity contribution is 7.84. The molecule has 1 aromatic carbocycles. The van der Waals surface area contributed by atoms with Crippen molar-refractivity contribution in [2.45, 2.75) is 23.7 Å². The number of nitrogens with zero attached hydrogens (tertiary/aromatic N) is 2. The van der Waals surface area contributed by atoms with Crippen molar-refractivity contribution in [1.82, 2.24) is 15.0 Å². The van der Waals surface area contributed by atoms with E-state index >= 15 is 0 Å². The minimum Gasteiger partial charge on any atom is -0.484 e. The van der Waals surface area contributed by atoms with E-state index in [1.165, 1.54) is 12.3 Å². The number of halogens is 3. The zero-order valence-corrected chi connectivity index (χ0v) is 14.1. The Bertz CT molecular complexity index is 910. The van der Waals surface area contributed by atoms with Gasteiger partial charge in [0.25, 0.3) is 0 Å². The maximum atomic E-state index is 12.6. The fourth-order valence-electron chi connectivity index (χ4n) is 2.33. The molecule has 2 heterocycles. The lowest BCUT2D eigenvalue weighted by Gasteiger charge is -2.14. The molecule has 0 aliphatic carbocycles. The lowest BCUT2D eigenvalue weighted by Crippen LogP contribution is -2.20. The molecular weight excluding hydrogens is 371 g/mol. The first-order valence-electron chi connectivity index (χ1n) is 7.47. The molecule has 26 heavy (non-hydrogen) atoms. The largest absolute Gasteiger partial charge is 0.484 e. The van der Waals surface area contributed by atoms with Crippen LogP contribution in [-0.4, -0.2) is 37.1 Å². The summed E-state index contributed by atoms with van der Waals surface area (Å²) in [7, 11) is -1.63. The third kappa shape index (κ3) is 4.20. The summed E-state index contributed by atoms with van der Waals surface area (Å²) in [5.74, 6) is -0.268. The van der Waals surface area contributed by atoms with Gasteiger partial charge in [0, 0.05) is 11.8 Å².